The van der Waals surface area contributed by atoms with Gasteiger partial charge in [-0.2, -0.15) is 0 Å². The smallest absolute Gasteiger partial charge is 0.410 e. The number of oxime groups is 1. The lowest BCUT2D eigenvalue weighted by molar-refractivity contribution is -0.0103. The molecular formula is C21H21FN2O4. The summed E-state index contributed by atoms with van der Waals surface area (Å²) >= 11 is 0. The summed E-state index contributed by atoms with van der Waals surface area (Å²) in [5, 5.41) is 12.8. The maximum atomic E-state index is 13.6. The summed E-state index contributed by atoms with van der Waals surface area (Å²) in [6, 6.07) is 13.6. The summed E-state index contributed by atoms with van der Waals surface area (Å²) in [5.74, 6) is 0.0363. The Morgan fingerprint density at radius 3 is 2.89 bits per heavy atom. The molecule has 1 atom stereocenters. The van der Waals surface area contributed by atoms with Crippen LogP contribution in [0.25, 0.3) is 0 Å². The molecule has 1 spiro atoms. The summed E-state index contributed by atoms with van der Waals surface area (Å²) < 4.78 is 25.2. The Kier molecular flexibility index (Phi) is 4.90. The highest BCUT2D eigenvalue weighted by Crippen LogP contribution is 2.39. The fourth-order valence-electron chi connectivity index (χ4n) is 3.87. The molecule has 2 aromatic rings. The third-order valence-corrected chi connectivity index (χ3v) is 5.19. The van der Waals surface area contributed by atoms with E-state index < -0.39 is 17.5 Å². The minimum absolute atomic E-state index is 0.204. The maximum Gasteiger partial charge on any atom is 0.410 e. The Morgan fingerprint density at radius 1 is 1.29 bits per heavy atom. The molecule has 1 N–H and O–H groups in total. The lowest BCUT2D eigenvalue weighted by atomic mass is 9.83. The average molecular weight is 384 g/mol. The quantitative estimate of drug-likeness (QED) is 0.629. The number of hydrogen-bond acceptors (Lipinski definition) is 5. The SMILES string of the molecule is O=C(OCc1ccccc1)N1CCCC2(C/C(=N/O)c3cc(F)ccc3O2)C1. The van der Waals surface area contributed by atoms with E-state index in [-0.39, 0.29) is 6.61 Å². The number of piperidine rings is 1. The molecule has 2 aliphatic heterocycles. The van der Waals surface area contributed by atoms with Gasteiger partial charge in [-0.1, -0.05) is 35.5 Å². The number of halogens is 1. The molecule has 7 heteroatoms. The molecule has 1 saturated heterocycles. The van der Waals surface area contributed by atoms with Crippen LogP contribution in [-0.4, -0.2) is 40.6 Å². The van der Waals surface area contributed by atoms with Gasteiger partial charge in [-0.3, -0.25) is 0 Å². The molecule has 1 amide bonds. The molecule has 4 rings (SSSR count). The third kappa shape index (κ3) is 3.65. The second-order valence-corrected chi connectivity index (χ2v) is 7.21. The molecule has 0 bridgehead atoms. The van der Waals surface area contributed by atoms with Gasteiger partial charge < -0.3 is 19.6 Å². The predicted molar refractivity (Wildman–Crippen MR) is 100 cm³/mol. The van der Waals surface area contributed by atoms with Gasteiger partial charge in [0, 0.05) is 18.5 Å². The van der Waals surface area contributed by atoms with Crippen LogP contribution in [0.2, 0.25) is 0 Å². The molecule has 146 valence electrons. The van der Waals surface area contributed by atoms with Gasteiger partial charge in [0.25, 0.3) is 0 Å². The van der Waals surface area contributed by atoms with E-state index in [4.69, 9.17) is 9.47 Å². The molecule has 0 aromatic heterocycles. The van der Waals surface area contributed by atoms with Crippen LogP contribution >= 0.6 is 0 Å². The van der Waals surface area contributed by atoms with E-state index in [1.807, 2.05) is 30.3 Å². The highest BCUT2D eigenvalue weighted by Gasteiger charge is 2.44. The predicted octanol–water partition coefficient (Wildman–Crippen LogP) is 3.96. The van der Waals surface area contributed by atoms with Crippen LogP contribution in [0.15, 0.2) is 53.7 Å². The normalized spacial score (nSPS) is 22.6. The molecule has 0 aliphatic carbocycles. The van der Waals surface area contributed by atoms with Gasteiger partial charge in [-0.15, -0.1) is 0 Å². The van der Waals surface area contributed by atoms with Crippen molar-refractivity contribution in [2.45, 2.75) is 31.5 Å². The maximum absolute atomic E-state index is 13.6. The largest absolute Gasteiger partial charge is 0.484 e. The molecule has 1 fully saturated rings. The van der Waals surface area contributed by atoms with Crippen LogP contribution in [0, 0.1) is 5.82 Å². The third-order valence-electron chi connectivity index (χ3n) is 5.19. The fourth-order valence-corrected chi connectivity index (χ4v) is 3.87. The Hall–Kier alpha value is -3.09. The lowest BCUT2D eigenvalue weighted by Gasteiger charge is -2.44. The van der Waals surface area contributed by atoms with Crippen molar-refractivity contribution in [2.24, 2.45) is 5.16 Å². The Balaban J connectivity index is 1.48. The number of likely N-dealkylation sites (tertiary alicyclic amines) is 1. The fraction of sp³-hybridized carbons (Fsp3) is 0.333. The van der Waals surface area contributed by atoms with E-state index >= 15 is 0 Å². The van der Waals surface area contributed by atoms with Crippen LogP contribution in [0.1, 0.15) is 30.4 Å². The highest BCUT2D eigenvalue weighted by atomic mass is 19.1. The first-order valence-corrected chi connectivity index (χ1v) is 9.24. The standard InChI is InChI=1S/C21H21FN2O4/c22-16-7-8-19-17(11-16)18(23-26)12-21(28-19)9-4-10-24(14-21)20(25)27-13-15-5-2-1-3-6-15/h1-3,5-8,11,26H,4,9-10,12-14H2/b23-18-. The van der Waals surface area contributed by atoms with E-state index in [9.17, 15) is 14.4 Å². The van der Waals surface area contributed by atoms with Crippen molar-refractivity contribution in [1.82, 2.24) is 4.90 Å². The van der Waals surface area contributed by atoms with Gasteiger partial charge in [-0.25, -0.2) is 9.18 Å². The van der Waals surface area contributed by atoms with E-state index in [2.05, 4.69) is 5.16 Å². The zero-order valence-electron chi connectivity index (χ0n) is 15.3. The van der Waals surface area contributed by atoms with Crippen molar-refractivity contribution in [1.29, 1.82) is 0 Å². The van der Waals surface area contributed by atoms with Crippen LogP contribution in [-0.2, 0) is 11.3 Å². The van der Waals surface area contributed by atoms with E-state index in [1.165, 1.54) is 18.2 Å². The van der Waals surface area contributed by atoms with Crippen LogP contribution in [0.5, 0.6) is 5.75 Å². The number of ether oxygens (including phenoxy) is 2. The first-order chi connectivity index (χ1) is 13.6. The van der Waals surface area contributed by atoms with Crippen molar-refractivity contribution in [3.05, 3.63) is 65.5 Å². The van der Waals surface area contributed by atoms with E-state index in [0.29, 0.717) is 43.0 Å². The first-order valence-electron chi connectivity index (χ1n) is 9.24. The highest BCUT2D eigenvalue weighted by molar-refractivity contribution is 6.04. The zero-order valence-corrected chi connectivity index (χ0v) is 15.3. The zero-order chi connectivity index (χ0) is 19.6. The summed E-state index contributed by atoms with van der Waals surface area (Å²) in [6.07, 6.45) is 1.32. The van der Waals surface area contributed by atoms with E-state index in [1.54, 1.807) is 4.90 Å². The van der Waals surface area contributed by atoms with Crippen LogP contribution in [0.3, 0.4) is 0 Å². The number of carbonyl (C=O) groups excluding carboxylic acids is 1. The second kappa shape index (κ2) is 7.50. The monoisotopic (exact) mass is 384 g/mol. The number of fused-ring (bicyclic) bond motifs is 1. The molecule has 2 aliphatic rings. The molecule has 2 heterocycles. The molecule has 2 aromatic carbocycles. The van der Waals surface area contributed by atoms with Crippen molar-refractivity contribution < 1.29 is 23.9 Å². The minimum atomic E-state index is -0.712. The van der Waals surface area contributed by atoms with Crippen molar-refractivity contribution in [3.8, 4) is 5.75 Å². The summed E-state index contributed by atoms with van der Waals surface area (Å²) in [6.45, 7) is 1.09. The second-order valence-electron chi connectivity index (χ2n) is 7.21. The minimum Gasteiger partial charge on any atom is -0.484 e. The topological polar surface area (TPSA) is 71.4 Å². The van der Waals surface area contributed by atoms with Crippen molar-refractivity contribution in [3.63, 3.8) is 0 Å². The summed E-state index contributed by atoms with van der Waals surface area (Å²) in [7, 11) is 0. The average Bonchev–Trinajstić information content (AvgIpc) is 2.72. The molecule has 6 nitrogen and oxygen atoms in total. The van der Waals surface area contributed by atoms with Gasteiger partial charge >= 0.3 is 6.09 Å². The number of benzene rings is 2. The van der Waals surface area contributed by atoms with Gasteiger partial charge in [0.2, 0.25) is 0 Å². The summed E-state index contributed by atoms with van der Waals surface area (Å²) in [4.78, 5) is 14.2. The van der Waals surface area contributed by atoms with E-state index in [0.717, 1.165) is 12.0 Å². The number of hydrogen-bond donors (Lipinski definition) is 1. The molecule has 0 saturated carbocycles. The van der Waals surface area contributed by atoms with Crippen LogP contribution in [0.4, 0.5) is 9.18 Å². The van der Waals surface area contributed by atoms with Gasteiger partial charge in [0.05, 0.1) is 12.3 Å². The molecule has 28 heavy (non-hydrogen) atoms. The Morgan fingerprint density at radius 2 is 2.11 bits per heavy atom. The molecule has 0 radical (unpaired) electrons. The van der Waals surface area contributed by atoms with Crippen molar-refractivity contribution >= 4 is 11.8 Å². The Labute approximate surface area is 162 Å². The van der Waals surface area contributed by atoms with Crippen molar-refractivity contribution in [2.75, 3.05) is 13.1 Å². The van der Waals surface area contributed by atoms with Gasteiger partial charge in [0.15, 0.2) is 0 Å². The van der Waals surface area contributed by atoms with Gasteiger partial charge in [0.1, 0.15) is 23.8 Å². The molecule has 1 unspecified atom stereocenters. The van der Waals surface area contributed by atoms with Crippen LogP contribution < -0.4 is 4.74 Å². The number of amides is 1. The first kappa shape index (κ1) is 18.3. The lowest BCUT2D eigenvalue weighted by Crippen LogP contribution is -2.56. The van der Waals surface area contributed by atoms with Gasteiger partial charge in [-0.05, 0) is 36.6 Å². The number of rotatable bonds is 2. The summed E-state index contributed by atoms with van der Waals surface area (Å²) in [5.41, 5.74) is 1.01. The molecular weight excluding hydrogens is 363 g/mol. The number of nitrogens with zero attached hydrogens (tertiary/aromatic N) is 2. The Bertz CT molecular complexity index is 903. The number of carbonyl (C=O) groups is 1.